The van der Waals surface area contributed by atoms with Crippen molar-refractivity contribution in [1.29, 1.82) is 0 Å². The van der Waals surface area contributed by atoms with Crippen molar-refractivity contribution >= 4 is 23.0 Å². The van der Waals surface area contributed by atoms with Gasteiger partial charge in [0.2, 0.25) is 0 Å². The van der Waals surface area contributed by atoms with E-state index in [1.54, 1.807) is 6.07 Å². The van der Waals surface area contributed by atoms with Gasteiger partial charge in [0.05, 0.1) is 5.69 Å². The van der Waals surface area contributed by atoms with E-state index in [1.165, 1.54) is 5.56 Å². The van der Waals surface area contributed by atoms with Gasteiger partial charge in [0.15, 0.2) is 0 Å². The Morgan fingerprint density at radius 1 is 1.00 bits per heavy atom. The molecule has 1 aromatic carbocycles. The van der Waals surface area contributed by atoms with Gasteiger partial charge < -0.3 is 16.8 Å². The van der Waals surface area contributed by atoms with Gasteiger partial charge in [-0.3, -0.25) is 0 Å². The number of rotatable bonds is 2. The summed E-state index contributed by atoms with van der Waals surface area (Å²) in [6, 6.07) is 11.8. The average Bonchev–Trinajstić information content (AvgIpc) is 2.33. The van der Waals surface area contributed by atoms with Crippen molar-refractivity contribution in [2.75, 3.05) is 16.8 Å². The lowest BCUT2D eigenvalue weighted by molar-refractivity contribution is 0.592. The monoisotopic (exact) mass is 256 g/mol. The van der Waals surface area contributed by atoms with Crippen LogP contribution in [-0.4, -0.2) is 4.98 Å². The van der Waals surface area contributed by atoms with Crippen molar-refractivity contribution in [2.24, 2.45) is 0 Å². The molecule has 1 aromatic heterocycles. The second-order valence-electron chi connectivity index (χ2n) is 5.59. The zero-order valence-electron chi connectivity index (χ0n) is 11.6. The molecule has 0 aliphatic heterocycles. The summed E-state index contributed by atoms with van der Waals surface area (Å²) in [6.45, 7) is 6.54. The first-order valence-corrected chi connectivity index (χ1v) is 6.26. The number of para-hydroxylation sites is 1. The largest absolute Gasteiger partial charge is 0.396 e. The minimum atomic E-state index is 0.0585. The Labute approximate surface area is 113 Å². The van der Waals surface area contributed by atoms with Crippen LogP contribution in [0.15, 0.2) is 36.4 Å². The zero-order valence-corrected chi connectivity index (χ0v) is 11.6. The van der Waals surface area contributed by atoms with Crippen LogP contribution in [0.1, 0.15) is 26.3 Å². The predicted molar refractivity (Wildman–Crippen MR) is 81.5 cm³/mol. The molecule has 19 heavy (non-hydrogen) atoms. The summed E-state index contributed by atoms with van der Waals surface area (Å²) in [7, 11) is 0. The molecule has 0 saturated heterocycles. The molecule has 0 spiro atoms. The molecule has 5 N–H and O–H groups in total. The first kappa shape index (κ1) is 13.2. The molecule has 0 fully saturated rings. The molecule has 4 heteroatoms. The van der Waals surface area contributed by atoms with Crippen LogP contribution >= 0.6 is 0 Å². The first-order chi connectivity index (χ1) is 8.88. The summed E-state index contributed by atoms with van der Waals surface area (Å²) < 4.78 is 0. The Bertz CT molecular complexity index is 585. The number of nitrogen functional groups attached to an aromatic ring is 2. The number of nitrogens with zero attached hydrogens (tertiary/aromatic N) is 1. The summed E-state index contributed by atoms with van der Waals surface area (Å²) in [6.07, 6.45) is 0. The van der Waals surface area contributed by atoms with E-state index in [0.717, 1.165) is 5.69 Å². The van der Waals surface area contributed by atoms with Crippen LogP contribution in [0.4, 0.5) is 23.0 Å². The summed E-state index contributed by atoms with van der Waals surface area (Å²) in [5.41, 5.74) is 14.2. The van der Waals surface area contributed by atoms with Gasteiger partial charge in [-0.15, -0.1) is 0 Å². The van der Waals surface area contributed by atoms with E-state index in [-0.39, 0.29) is 5.41 Å². The number of anilines is 4. The van der Waals surface area contributed by atoms with Crippen molar-refractivity contribution in [2.45, 2.75) is 26.2 Å². The van der Waals surface area contributed by atoms with Crippen LogP contribution in [0, 0.1) is 0 Å². The van der Waals surface area contributed by atoms with Gasteiger partial charge in [-0.05, 0) is 29.2 Å². The first-order valence-electron chi connectivity index (χ1n) is 6.26. The predicted octanol–water partition coefficient (Wildman–Crippen LogP) is 3.29. The summed E-state index contributed by atoms with van der Waals surface area (Å²) in [5.74, 6) is 1.04. The van der Waals surface area contributed by atoms with Gasteiger partial charge in [-0.25, -0.2) is 4.98 Å². The number of nitrogens with two attached hydrogens (primary N) is 2. The van der Waals surface area contributed by atoms with Crippen LogP contribution in [-0.2, 0) is 5.41 Å². The molecule has 1 heterocycles. The highest BCUT2D eigenvalue weighted by Gasteiger charge is 2.17. The number of hydrogen-bond donors (Lipinski definition) is 3. The Kier molecular flexibility index (Phi) is 3.34. The Balaban J connectivity index is 2.36. The molecular formula is C15H20N4. The highest BCUT2D eigenvalue weighted by atomic mass is 15.0. The van der Waals surface area contributed by atoms with Gasteiger partial charge in [-0.1, -0.05) is 39.0 Å². The molecule has 2 rings (SSSR count). The van der Waals surface area contributed by atoms with Gasteiger partial charge in [-0.2, -0.15) is 0 Å². The van der Waals surface area contributed by atoms with Crippen molar-refractivity contribution in [3.8, 4) is 0 Å². The molecule has 100 valence electrons. The lowest BCUT2D eigenvalue weighted by atomic mass is 9.86. The van der Waals surface area contributed by atoms with E-state index in [0.29, 0.717) is 17.3 Å². The summed E-state index contributed by atoms with van der Waals surface area (Å²) in [4.78, 5) is 4.23. The second kappa shape index (κ2) is 4.80. The minimum absolute atomic E-state index is 0.0585. The standard InChI is InChI=1S/C15H20N4/c1-15(2,3)10-6-4-5-7-12(10)18-13-9-8-11(16)14(17)19-13/h4-9H,16H2,1-3H3,(H3,17,18,19). The van der Waals surface area contributed by atoms with Crippen molar-refractivity contribution in [1.82, 2.24) is 4.98 Å². The third-order valence-electron chi connectivity index (χ3n) is 2.96. The molecule has 0 saturated carbocycles. The highest BCUT2D eigenvalue weighted by molar-refractivity contribution is 5.67. The normalized spacial score (nSPS) is 11.3. The maximum atomic E-state index is 5.72. The van der Waals surface area contributed by atoms with Crippen molar-refractivity contribution in [3.05, 3.63) is 42.0 Å². The third kappa shape index (κ3) is 2.96. The summed E-state index contributed by atoms with van der Waals surface area (Å²) in [5, 5.41) is 3.30. The van der Waals surface area contributed by atoms with Crippen LogP contribution in [0.5, 0.6) is 0 Å². The molecule has 4 nitrogen and oxygen atoms in total. The van der Waals surface area contributed by atoms with E-state index in [2.05, 4.69) is 37.1 Å². The summed E-state index contributed by atoms with van der Waals surface area (Å²) >= 11 is 0. The van der Waals surface area contributed by atoms with Crippen LogP contribution in [0.2, 0.25) is 0 Å². The fraction of sp³-hybridized carbons (Fsp3) is 0.267. The van der Waals surface area contributed by atoms with E-state index in [1.807, 2.05) is 24.3 Å². The van der Waals surface area contributed by atoms with Crippen molar-refractivity contribution in [3.63, 3.8) is 0 Å². The molecule has 2 aromatic rings. The minimum Gasteiger partial charge on any atom is -0.396 e. The smallest absolute Gasteiger partial charge is 0.149 e. The number of pyridine rings is 1. The molecular weight excluding hydrogens is 236 g/mol. The molecule has 0 bridgehead atoms. The molecule has 0 unspecified atom stereocenters. The quantitative estimate of drug-likeness (QED) is 0.770. The van der Waals surface area contributed by atoms with Crippen LogP contribution in [0.3, 0.4) is 0 Å². The fourth-order valence-electron chi connectivity index (χ4n) is 1.94. The Morgan fingerprint density at radius 2 is 1.68 bits per heavy atom. The lowest BCUT2D eigenvalue weighted by Crippen LogP contribution is -2.13. The fourth-order valence-corrected chi connectivity index (χ4v) is 1.94. The maximum absolute atomic E-state index is 5.72. The van der Waals surface area contributed by atoms with E-state index in [9.17, 15) is 0 Å². The van der Waals surface area contributed by atoms with E-state index >= 15 is 0 Å². The average molecular weight is 256 g/mol. The SMILES string of the molecule is CC(C)(C)c1ccccc1Nc1ccc(N)c(N)n1. The van der Waals surface area contributed by atoms with Gasteiger partial charge in [0.25, 0.3) is 0 Å². The number of nitrogens with one attached hydrogen (secondary N) is 1. The van der Waals surface area contributed by atoms with Crippen LogP contribution in [0.25, 0.3) is 0 Å². The molecule has 0 aliphatic carbocycles. The number of benzene rings is 1. The molecule has 0 radical (unpaired) electrons. The topological polar surface area (TPSA) is 77.0 Å². The number of aromatic nitrogens is 1. The van der Waals surface area contributed by atoms with Crippen molar-refractivity contribution < 1.29 is 0 Å². The lowest BCUT2D eigenvalue weighted by Gasteiger charge is -2.23. The van der Waals surface area contributed by atoms with Gasteiger partial charge in [0, 0.05) is 5.69 Å². The highest BCUT2D eigenvalue weighted by Crippen LogP contribution is 2.31. The van der Waals surface area contributed by atoms with Crippen LogP contribution < -0.4 is 16.8 Å². The second-order valence-corrected chi connectivity index (χ2v) is 5.59. The Hall–Kier alpha value is -2.23. The number of hydrogen-bond acceptors (Lipinski definition) is 4. The zero-order chi connectivity index (χ0) is 14.0. The van der Waals surface area contributed by atoms with E-state index in [4.69, 9.17) is 11.5 Å². The van der Waals surface area contributed by atoms with E-state index < -0.39 is 0 Å². The third-order valence-corrected chi connectivity index (χ3v) is 2.96. The molecule has 0 aliphatic rings. The Morgan fingerprint density at radius 3 is 2.32 bits per heavy atom. The van der Waals surface area contributed by atoms with Gasteiger partial charge >= 0.3 is 0 Å². The van der Waals surface area contributed by atoms with Gasteiger partial charge in [0.1, 0.15) is 11.6 Å². The molecule has 0 atom stereocenters. The maximum Gasteiger partial charge on any atom is 0.149 e. The molecule has 0 amide bonds.